The maximum Gasteiger partial charge on any atom is 0.334 e. The molecule has 0 aromatic rings. The van der Waals surface area contributed by atoms with E-state index in [-0.39, 0.29) is 12.2 Å². The molecule has 0 amide bonds. The molecule has 0 aliphatic carbocycles. The summed E-state index contributed by atoms with van der Waals surface area (Å²) in [5, 5.41) is 17.6. The molecule has 1 fully saturated rings. The molecule has 1 heterocycles. The molecule has 76 valence electrons. The maximum absolute atomic E-state index is 11.0. The lowest BCUT2D eigenvalue weighted by molar-refractivity contribution is -0.149. The first-order valence-corrected chi connectivity index (χ1v) is 5.49. The molecule has 2 unspecified atom stereocenters. The number of hydrogen-bond acceptors (Lipinski definition) is 5. The Morgan fingerprint density at radius 3 is 2.38 bits per heavy atom. The fourth-order valence-electron chi connectivity index (χ4n) is 1.36. The van der Waals surface area contributed by atoms with Crippen molar-refractivity contribution in [2.24, 2.45) is 5.73 Å². The van der Waals surface area contributed by atoms with Crippen molar-refractivity contribution in [3.63, 3.8) is 0 Å². The van der Waals surface area contributed by atoms with Gasteiger partial charge in [-0.3, -0.25) is 0 Å². The fraction of sp³-hybridized carbons (Fsp3) is 0.833. The molecule has 4 N–H and O–H groups in total. The molecule has 6 nitrogen and oxygen atoms in total. The van der Waals surface area contributed by atoms with Gasteiger partial charge in [0, 0.05) is 0 Å². The van der Waals surface area contributed by atoms with Gasteiger partial charge in [0.05, 0.1) is 17.0 Å². The smallest absolute Gasteiger partial charge is 0.334 e. The van der Waals surface area contributed by atoms with Crippen molar-refractivity contribution >= 4 is 15.8 Å². The van der Waals surface area contributed by atoms with Crippen LogP contribution >= 0.6 is 0 Å². The third-order valence-corrected chi connectivity index (χ3v) is 3.95. The van der Waals surface area contributed by atoms with E-state index in [9.17, 15) is 13.2 Å². The Bertz CT molecular complexity index is 324. The number of aliphatic hydroxyl groups excluding tert-OH is 1. The highest BCUT2D eigenvalue weighted by Gasteiger charge is 2.47. The van der Waals surface area contributed by atoms with E-state index in [0.717, 1.165) is 0 Å². The van der Waals surface area contributed by atoms with Gasteiger partial charge in [-0.25, -0.2) is 13.2 Å². The van der Waals surface area contributed by atoms with Gasteiger partial charge >= 0.3 is 5.97 Å². The molecule has 1 aliphatic rings. The molecule has 0 bridgehead atoms. The van der Waals surface area contributed by atoms with Gasteiger partial charge in [-0.2, -0.15) is 0 Å². The third-order valence-electron chi connectivity index (χ3n) is 2.15. The van der Waals surface area contributed by atoms with Crippen LogP contribution in [0.1, 0.15) is 6.42 Å². The first-order chi connectivity index (χ1) is 5.77. The van der Waals surface area contributed by atoms with Crippen molar-refractivity contribution in [3.8, 4) is 0 Å². The summed E-state index contributed by atoms with van der Waals surface area (Å²) in [7, 11) is -3.28. The molecule has 0 aromatic carbocycles. The minimum atomic E-state index is -3.28. The van der Waals surface area contributed by atoms with Gasteiger partial charge in [0.1, 0.15) is 0 Å². The van der Waals surface area contributed by atoms with Crippen LogP contribution in [0.4, 0.5) is 0 Å². The van der Waals surface area contributed by atoms with Crippen molar-refractivity contribution in [1.29, 1.82) is 0 Å². The zero-order valence-corrected chi connectivity index (χ0v) is 7.62. The van der Waals surface area contributed by atoms with Crippen molar-refractivity contribution in [2.75, 3.05) is 11.5 Å². The van der Waals surface area contributed by atoms with E-state index in [4.69, 9.17) is 15.9 Å². The van der Waals surface area contributed by atoms with E-state index in [1.165, 1.54) is 0 Å². The highest BCUT2D eigenvalue weighted by molar-refractivity contribution is 7.91. The van der Waals surface area contributed by atoms with Crippen LogP contribution < -0.4 is 5.73 Å². The Balaban J connectivity index is 2.87. The Hall–Kier alpha value is -0.660. The Labute approximate surface area is 75.3 Å². The minimum absolute atomic E-state index is 0.0111. The van der Waals surface area contributed by atoms with Crippen LogP contribution in [-0.2, 0) is 14.6 Å². The van der Waals surface area contributed by atoms with Crippen molar-refractivity contribution < 1.29 is 23.4 Å². The lowest BCUT2D eigenvalue weighted by atomic mass is 9.93. The van der Waals surface area contributed by atoms with Gasteiger partial charge < -0.3 is 15.9 Å². The van der Waals surface area contributed by atoms with Crippen LogP contribution in [0, 0.1) is 0 Å². The second-order valence-electron chi connectivity index (χ2n) is 3.32. The number of hydrogen-bond donors (Lipinski definition) is 3. The van der Waals surface area contributed by atoms with Crippen molar-refractivity contribution in [3.05, 3.63) is 0 Å². The van der Waals surface area contributed by atoms with Gasteiger partial charge in [-0.05, 0) is 6.42 Å². The fourth-order valence-corrected chi connectivity index (χ4v) is 3.32. The van der Waals surface area contributed by atoms with Gasteiger partial charge in [0.15, 0.2) is 15.9 Å². The second kappa shape index (κ2) is 2.93. The molecule has 13 heavy (non-hydrogen) atoms. The molecule has 0 spiro atoms. The normalized spacial score (nSPS) is 34.3. The highest BCUT2D eigenvalue weighted by Crippen LogP contribution is 2.24. The average molecular weight is 209 g/mol. The zero-order chi connectivity index (χ0) is 10.3. The molecule has 1 aliphatic heterocycles. The zero-order valence-electron chi connectivity index (χ0n) is 6.80. The van der Waals surface area contributed by atoms with Gasteiger partial charge in [0.25, 0.3) is 0 Å². The molecule has 0 saturated carbocycles. The van der Waals surface area contributed by atoms with Crippen LogP contribution in [0.25, 0.3) is 0 Å². The SMILES string of the molecule is NC1(C(O)C(=O)O)CCS(=O)(=O)C1. The van der Waals surface area contributed by atoms with Crippen molar-refractivity contribution in [2.45, 2.75) is 18.1 Å². The molecular formula is C6H11NO5S. The molecule has 1 saturated heterocycles. The second-order valence-corrected chi connectivity index (χ2v) is 5.50. The van der Waals surface area contributed by atoms with E-state index >= 15 is 0 Å². The molecule has 0 aromatic heterocycles. The Morgan fingerprint density at radius 2 is 2.08 bits per heavy atom. The number of nitrogens with two attached hydrogens (primary N) is 1. The van der Waals surface area contributed by atoms with E-state index in [1.54, 1.807) is 0 Å². The average Bonchev–Trinajstić information content (AvgIpc) is 2.25. The number of carboxylic acid groups (broad SMARTS) is 1. The summed E-state index contributed by atoms with van der Waals surface area (Å²) in [5.74, 6) is -2.11. The van der Waals surface area contributed by atoms with Crippen molar-refractivity contribution in [1.82, 2.24) is 0 Å². The topological polar surface area (TPSA) is 118 Å². The number of aliphatic hydroxyl groups is 1. The van der Waals surface area contributed by atoms with E-state index in [1.807, 2.05) is 0 Å². The summed E-state index contributed by atoms with van der Waals surface area (Å²) in [6.07, 6.45) is -1.83. The van der Waals surface area contributed by atoms with Crippen LogP contribution in [-0.4, -0.2) is 47.7 Å². The number of aliphatic carboxylic acids is 1. The van der Waals surface area contributed by atoms with Gasteiger partial charge in [-0.1, -0.05) is 0 Å². The largest absolute Gasteiger partial charge is 0.479 e. The summed E-state index contributed by atoms with van der Waals surface area (Å²) >= 11 is 0. The maximum atomic E-state index is 11.0. The molecular weight excluding hydrogens is 198 g/mol. The lowest BCUT2D eigenvalue weighted by Gasteiger charge is -2.24. The summed E-state index contributed by atoms with van der Waals surface area (Å²) < 4.78 is 22.0. The highest BCUT2D eigenvalue weighted by atomic mass is 32.2. The van der Waals surface area contributed by atoms with Gasteiger partial charge in [-0.15, -0.1) is 0 Å². The van der Waals surface area contributed by atoms with E-state index in [2.05, 4.69) is 0 Å². The molecule has 1 rings (SSSR count). The van der Waals surface area contributed by atoms with E-state index < -0.39 is 33.2 Å². The number of sulfone groups is 1. The first-order valence-electron chi connectivity index (χ1n) is 3.67. The van der Waals surface area contributed by atoms with Crippen LogP contribution in [0.5, 0.6) is 0 Å². The summed E-state index contributed by atoms with van der Waals surface area (Å²) in [4.78, 5) is 10.4. The quantitative estimate of drug-likeness (QED) is 0.481. The van der Waals surface area contributed by atoms with Crippen LogP contribution in [0.15, 0.2) is 0 Å². The molecule has 2 atom stereocenters. The Morgan fingerprint density at radius 1 is 1.54 bits per heavy atom. The predicted octanol–water partition coefficient (Wildman–Crippen LogP) is -2.05. The lowest BCUT2D eigenvalue weighted by Crippen LogP contribution is -2.55. The number of carboxylic acids is 1. The third kappa shape index (κ3) is 1.98. The molecule has 0 radical (unpaired) electrons. The van der Waals surface area contributed by atoms with Crippen LogP contribution in [0.3, 0.4) is 0 Å². The monoisotopic (exact) mass is 209 g/mol. The minimum Gasteiger partial charge on any atom is -0.479 e. The Kier molecular flexibility index (Phi) is 2.35. The number of carbonyl (C=O) groups is 1. The predicted molar refractivity (Wildman–Crippen MR) is 43.8 cm³/mol. The standard InChI is InChI=1S/C6H11NO5S/c7-6(4(8)5(9)10)1-2-13(11,12)3-6/h4,8H,1-3,7H2,(H,9,10). The van der Waals surface area contributed by atoms with Gasteiger partial charge in [0.2, 0.25) is 0 Å². The summed E-state index contributed by atoms with van der Waals surface area (Å²) in [5.41, 5.74) is 3.95. The summed E-state index contributed by atoms with van der Waals surface area (Å²) in [6.45, 7) is 0. The molecule has 7 heteroatoms. The number of rotatable bonds is 2. The van der Waals surface area contributed by atoms with E-state index in [0.29, 0.717) is 0 Å². The van der Waals surface area contributed by atoms with Crippen LogP contribution in [0.2, 0.25) is 0 Å². The summed E-state index contributed by atoms with van der Waals surface area (Å²) in [6, 6.07) is 0. The first kappa shape index (κ1) is 10.4.